The second-order valence-corrected chi connectivity index (χ2v) is 1.28. The summed E-state index contributed by atoms with van der Waals surface area (Å²) in [6, 6.07) is 0. The summed E-state index contributed by atoms with van der Waals surface area (Å²) in [5.41, 5.74) is 0. The molecule has 0 aromatic heterocycles. The van der Waals surface area contributed by atoms with Crippen LogP contribution in [-0.4, -0.2) is 0 Å². The van der Waals surface area contributed by atoms with Crippen molar-refractivity contribution in [1.82, 2.24) is 0 Å². The summed E-state index contributed by atoms with van der Waals surface area (Å²) in [4.78, 5) is 0. The van der Waals surface area contributed by atoms with Gasteiger partial charge in [0.05, 0.1) is 0 Å². The second-order valence-electron chi connectivity index (χ2n) is 1.28. The fourth-order valence-corrected chi connectivity index (χ4v) is 0.265. The van der Waals surface area contributed by atoms with Gasteiger partial charge in [0.25, 0.3) is 0 Å². The number of rotatable bonds is 2. The van der Waals surface area contributed by atoms with Crippen molar-refractivity contribution in [3.63, 3.8) is 0 Å². The summed E-state index contributed by atoms with van der Waals surface area (Å²) in [6.45, 7) is 2.11. The molecule has 0 N–H and O–H groups in total. The molecular formula is C6H9Na. The van der Waals surface area contributed by atoms with Gasteiger partial charge in [-0.3, -0.25) is 0 Å². The number of unbranched alkanes of at least 4 members (excludes halogenated alkanes) is 2. The molecule has 0 aliphatic rings. The first kappa shape index (κ1) is 10.5. The molecule has 0 rings (SSSR count). The first-order chi connectivity index (χ1) is 2.91. The Morgan fingerprint density at radius 3 is 2.29 bits per heavy atom. The summed E-state index contributed by atoms with van der Waals surface area (Å²) in [6.07, 6.45) is 9.57. The monoisotopic (exact) mass is 104 g/mol. The maximum Gasteiger partial charge on any atom is 1.00 e. The van der Waals surface area contributed by atoms with Crippen LogP contribution < -0.4 is 29.6 Å². The van der Waals surface area contributed by atoms with Gasteiger partial charge in [-0.15, -0.1) is 0 Å². The van der Waals surface area contributed by atoms with E-state index in [-0.39, 0.29) is 29.6 Å². The number of hydrogen-bond donors (Lipinski definition) is 0. The van der Waals surface area contributed by atoms with Crippen molar-refractivity contribution in [2.24, 2.45) is 0 Å². The van der Waals surface area contributed by atoms with Gasteiger partial charge in [0.15, 0.2) is 0 Å². The molecule has 0 unspecified atom stereocenters. The molecule has 1 heteroatoms. The molecule has 0 saturated heterocycles. The molecule has 0 saturated carbocycles. The topological polar surface area (TPSA) is 0 Å². The molecule has 0 aromatic carbocycles. The molecule has 0 aliphatic carbocycles. The SMILES string of the molecule is [C-]#CCCCC.[Na+]. The third-order valence-corrected chi connectivity index (χ3v) is 0.655. The van der Waals surface area contributed by atoms with E-state index < -0.39 is 0 Å². The van der Waals surface area contributed by atoms with Gasteiger partial charge in [-0.2, -0.15) is 0 Å². The van der Waals surface area contributed by atoms with Gasteiger partial charge in [0.1, 0.15) is 0 Å². The summed E-state index contributed by atoms with van der Waals surface area (Å²) in [7, 11) is 0. The maximum atomic E-state index is 6.46. The van der Waals surface area contributed by atoms with Crippen LogP contribution in [0.3, 0.4) is 0 Å². The van der Waals surface area contributed by atoms with Crippen LogP contribution in [0.1, 0.15) is 26.2 Å². The largest absolute Gasteiger partial charge is 1.00 e. The Labute approximate surface area is 68.0 Å². The molecule has 0 aliphatic heterocycles. The quantitative estimate of drug-likeness (QED) is 0.178. The molecule has 0 heterocycles. The maximum absolute atomic E-state index is 6.46. The van der Waals surface area contributed by atoms with Crippen LogP contribution in [0.2, 0.25) is 0 Å². The van der Waals surface area contributed by atoms with E-state index in [2.05, 4.69) is 12.8 Å². The molecule has 7 heavy (non-hydrogen) atoms. The van der Waals surface area contributed by atoms with E-state index in [1.807, 2.05) is 0 Å². The second kappa shape index (κ2) is 9.75. The Bertz CT molecular complexity index is 51.7. The zero-order chi connectivity index (χ0) is 4.83. The molecule has 0 amide bonds. The molecule has 0 nitrogen and oxygen atoms in total. The van der Waals surface area contributed by atoms with Crippen molar-refractivity contribution >= 4 is 0 Å². The summed E-state index contributed by atoms with van der Waals surface area (Å²) >= 11 is 0. The molecule has 34 valence electrons. The zero-order valence-corrected chi connectivity index (χ0v) is 7.12. The average Bonchev–Trinajstić information content (AvgIpc) is 1.61. The van der Waals surface area contributed by atoms with Crippen molar-refractivity contribution in [3.8, 4) is 5.92 Å². The van der Waals surface area contributed by atoms with Crippen molar-refractivity contribution in [1.29, 1.82) is 0 Å². The normalized spacial score (nSPS) is 6.29. The Kier molecular flexibility index (Phi) is 14.7. The molecule has 0 spiro atoms. The molecule has 0 atom stereocenters. The van der Waals surface area contributed by atoms with Crippen LogP contribution in [0, 0.1) is 12.3 Å². The van der Waals surface area contributed by atoms with E-state index in [9.17, 15) is 0 Å². The summed E-state index contributed by atoms with van der Waals surface area (Å²) < 4.78 is 0. The van der Waals surface area contributed by atoms with Crippen LogP contribution in [0.5, 0.6) is 0 Å². The minimum absolute atomic E-state index is 0. The molecule has 0 bridgehead atoms. The van der Waals surface area contributed by atoms with Gasteiger partial charge in [0, 0.05) is 0 Å². The zero-order valence-electron chi connectivity index (χ0n) is 5.12. The Balaban J connectivity index is 0. The third-order valence-electron chi connectivity index (χ3n) is 0.655. The smallest absolute Gasteiger partial charge is 0.694 e. The van der Waals surface area contributed by atoms with Crippen LogP contribution in [0.25, 0.3) is 0 Å². The average molecular weight is 104 g/mol. The molecule has 0 fully saturated rings. The van der Waals surface area contributed by atoms with E-state index >= 15 is 0 Å². The van der Waals surface area contributed by atoms with Gasteiger partial charge >= 0.3 is 29.6 Å². The van der Waals surface area contributed by atoms with E-state index in [0.717, 1.165) is 12.8 Å². The van der Waals surface area contributed by atoms with E-state index in [0.29, 0.717) is 0 Å². The third kappa shape index (κ3) is 10.8. The van der Waals surface area contributed by atoms with Crippen LogP contribution in [0.4, 0.5) is 0 Å². The molecule has 0 aromatic rings. The van der Waals surface area contributed by atoms with Crippen LogP contribution in [-0.2, 0) is 0 Å². The minimum atomic E-state index is 0. The molecular weight excluding hydrogens is 95.1 g/mol. The van der Waals surface area contributed by atoms with Crippen molar-refractivity contribution in [2.75, 3.05) is 0 Å². The standard InChI is InChI=1S/C6H9.Na/c1-3-5-6-4-2;/h3,5-6H2,1H3;/q-1;+1. The van der Waals surface area contributed by atoms with Crippen molar-refractivity contribution < 1.29 is 29.6 Å². The Morgan fingerprint density at radius 2 is 2.14 bits per heavy atom. The van der Waals surface area contributed by atoms with Gasteiger partial charge in [-0.1, -0.05) is 13.3 Å². The van der Waals surface area contributed by atoms with Gasteiger partial charge in [-0.05, 0) is 12.8 Å². The first-order valence-corrected chi connectivity index (χ1v) is 2.31. The van der Waals surface area contributed by atoms with E-state index in [4.69, 9.17) is 6.42 Å². The number of hydrogen-bond acceptors (Lipinski definition) is 0. The van der Waals surface area contributed by atoms with Crippen LogP contribution >= 0.6 is 0 Å². The predicted molar refractivity (Wildman–Crippen MR) is 26.7 cm³/mol. The van der Waals surface area contributed by atoms with Crippen LogP contribution in [0.15, 0.2) is 0 Å². The predicted octanol–water partition coefficient (Wildman–Crippen LogP) is -1.23. The Morgan fingerprint density at radius 1 is 1.57 bits per heavy atom. The fraction of sp³-hybridized carbons (Fsp3) is 0.667. The summed E-state index contributed by atoms with van der Waals surface area (Å²) in [5.74, 6) is 2.32. The Hall–Kier alpha value is 0.560. The van der Waals surface area contributed by atoms with E-state index in [1.165, 1.54) is 6.42 Å². The van der Waals surface area contributed by atoms with Gasteiger partial charge < -0.3 is 12.3 Å². The van der Waals surface area contributed by atoms with Gasteiger partial charge in [0.2, 0.25) is 0 Å². The van der Waals surface area contributed by atoms with Crippen molar-refractivity contribution in [2.45, 2.75) is 26.2 Å². The van der Waals surface area contributed by atoms with Gasteiger partial charge in [-0.25, -0.2) is 0 Å². The van der Waals surface area contributed by atoms with E-state index in [1.54, 1.807) is 0 Å². The summed E-state index contributed by atoms with van der Waals surface area (Å²) in [5, 5.41) is 0. The minimum Gasteiger partial charge on any atom is -0.694 e. The fourth-order valence-electron chi connectivity index (χ4n) is 0.265. The first-order valence-electron chi connectivity index (χ1n) is 2.31. The molecule has 0 radical (unpaired) electrons. The van der Waals surface area contributed by atoms with Crippen molar-refractivity contribution in [3.05, 3.63) is 6.42 Å².